The molecule has 2 fully saturated rings. The van der Waals surface area contributed by atoms with Gasteiger partial charge in [0.25, 0.3) is 0 Å². The van der Waals surface area contributed by atoms with Gasteiger partial charge in [-0.05, 0) is 36.1 Å². The molecular weight excluding hydrogens is 356 g/mol. The number of thioether (sulfide) groups is 1. The number of nitrogens with one attached hydrogen (secondary N) is 1. The molecule has 0 aromatic heterocycles. The molecule has 4 atom stereocenters. The van der Waals surface area contributed by atoms with Gasteiger partial charge in [-0.25, -0.2) is 0 Å². The summed E-state index contributed by atoms with van der Waals surface area (Å²) in [6.45, 7) is 0. The Bertz CT molecular complexity index is 738. The monoisotopic (exact) mass is 378 g/mol. The number of methoxy groups -OCH3 is 1. The summed E-state index contributed by atoms with van der Waals surface area (Å²) in [5.74, 6) is -1.94. The molecule has 8 heteroatoms. The summed E-state index contributed by atoms with van der Waals surface area (Å²) in [6.07, 6.45) is 2.30. The van der Waals surface area contributed by atoms with Crippen molar-refractivity contribution in [2.75, 3.05) is 26.2 Å². The van der Waals surface area contributed by atoms with E-state index in [0.29, 0.717) is 12.2 Å². The van der Waals surface area contributed by atoms with E-state index in [2.05, 4.69) is 5.32 Å². The number of ether oxygens (including phenoxy) is 1. The van der Waals surface area contributed by atoms with E-state index in [9.17, 15) is 19.5 Å². The van der Waals surface area contributed by atoms with Crippen LogP contribution in [0.1, 0.15) is 18.0 Å². The molecule has 0 aliphatic carbocycles. The van der Waals surface area contributed by atoms with E-state index >= 15 is 0 Å². The maximum Gasteiger partial charge on any atom is 0.326 e. The summed E-state index contributed by atoms with van der Waals surface area (Å²) >= 11 is 1.56. The number of likely N-dealkylation sites (tertiary alicyclic amines) is 1. The largest absolute Gasteiger partial charge is 0.508 e. The average molecular weight is 378 g/mol. The van der Waals surface area contributed by atoms with Crippen LogP contribution in [0, 0.1) is 11.8 Å². The van der Waals surface area contributed by atoms with Crippen LogP contribution in [0.5, 0.6) is 5.75 Å². The number of esters is 1. The average Bonchev–Trinajstić information content (AvgIpc) is 3.10. The van der Waals surface area contributed by atoms with Crippen molar-refractivity contribution in [3.05, 3.63) is 29.8 Å². The van der Waals surface area contributed by atoms with Crippen LogP contribution in [0.3, 0.4) is 0 Å². The Hall–Kier alpha value is -2.06. The number of phenolic OH excluding ortho intramolecular Hbond substituents is 1. The third-order valence-electron chi connectivity index (χ3n) is 5.38. The zero-order chi connectivity index (χ0) is 19.1. The highest BCUT2D eigenvalue weighted by Gasteiger charge is 2.67. The van der Waals surface area contributed by atoms with Crippen LogP contribution in [-0.4, -0.2) is 59.5 Å². The van der Waals surface area contributed by atoms with Gasteiger partial charge in [0, 0.05) is 13.1 Å². The second kappa shape index (κ2) is 6.92. The van der Waals surface area contributed by atoms with Crippen LogP contribution in [0.15, 0.2) is 24.3 Å². The van der Waals surface area contributed by atoms with E-state index in [-0.39, 0.29) is 17.6 Å². The molecule has 1 aromatic rings. The molecule has 140 valence electrons. The Labute approximate surface area is 156 Å². The molecular formula is C18H22N2O5S. The Morgan fingerprint density at radius 2 is 1.96 bits per heavy atom. The molecule has 26 heavy (non-hydrogen) atoms. The Morgan fingerprint density at radius 3 is 2.54 bits per heavy atom. The first-order chi connectivity index (χ1) is 12.4. The fourth-order valence-corrected chi connectivity index (χ4v) is 4.61. The molecule has 2 amide bonds. The number of fused-ring (bicyclic) bond motifs is 1. The maximum atomic E-state index is 12.8. The van der Waals surface area contributed by atoms with E-state index in [1.807, 2.05) is 6.26 Å². The van der Waals surface area contributed by atoms with Crippen molar-refractivity contribution in [2.24, 2.45) is 11.8 Å². The molecule has 2 aliphatic rings. The minimum absolute atomic E-state index is 0.107. The predicted molar refractivity (Wildman–Crippen MR) is 96.5 cm³/mol. The fourth-order valence-electron chi connectivity index (χ4n) is 4.08. The number of aromatic hydroxyl groups is 1. The number of carbonyl (C=O) groups is 3. The smallest absolute Gasteiger partial charge is 0.326 e. The number of nitrogens with zero attached hydrogens (tertiary/aromatic N) is 1. The van der Waals surface area contributed by atoms with Gasteiger partial charge < -0.3 is 9.84 Å². The first-order valence-corrected chi connectivity index (χ1v) is 9.72. The lowest BCUT2D eigenvalue weighted by Gasteiger charge is -2.32. The molecule has 0 bridgehead atoms. The first-order valence-electron chi connectivity index (χ1n) is 8.32. The molecule has 2 aliphatic heterocycles. The van der Waals surface area contributed by atoms with Crippen molar-refractivity contribution >= 4 is 29.5 Å². The van der Waals surface area contributed by atoms with Gasteiger partial charge in [-0.15, -0.1) is 0 Å². The summed E-state index contributed by atoms with van der Waals surface area (Å²) in [5.41, 5.74) is -0.508. The van der Waals surface area contributed by atoms with Crippen molar-refractivity contribution in [2.45, 2.75) is 18.0 Å². The van der Waals surface area contributed by atoms with Crippen LogP contribution in [0.2, 0.25) is 0 Å². The van der Waals surface area contributed by atoms with Gasteiger partial charge in [0.15, 0.2) is 0 Å². The van der Waals surface area contributed by atoms with E-state index in [1.54, 1.807) is 23.9 Å². The minimum Gasteiger partial charge on any atom is -0.508 e. The number of imide groups is 1. The van der Waals surface area contributed by atoms with Crippen molar-refractivity contribution in [1.29, 1.82) is 0 Å². The fraction of sp³-hybridized carbons (Fsp3) is 0.500. The highest BCUT2D eigenvalue weighted by molar-refractivity contribution is 7.98. The summed E-state index contributed by atoms with van der Waals surface area (Å²) in [7, 11) is 2.74. The van der Waals surface area contributed by atoms with Gasteiger partial charge >= 0.3 is 5.97 Å². The third-order valence-corrected chi connectivity index (χ3v) is 5.99. The quantitative estimate of drug-likeness (QED) is 0.581. The predicted octanol–water partition coefficient (Wildman–Crippen LogP) is 0.932. The highest BCUT2D eigenvalue weighted by atomic mass is 32.2. The van der Waals surface area contributed by atoms with E-state index < -0.39 is 29.4 Å². The van der Waals surface area contributed by atoms with Crippen molar-refractivity contribution in [1.82, 2.24) is 10.2 Å². The zero-order valence-corrected chi connectivity index (χ0v) is 15.7. The molecule has 2 heterocycles. The van der Waals surface area contributed by atoms with Crippen molar-refractivity contribution in [3.8, 4) is 5.75 Å². The van der Waals surface area contributed by atoms with Gasteiger partial charge in [-0.2, -0.15) is 11.8 Å². The van der Waals surface area contributed by atoms with Crippen LogP contribution in [0.4, 0.5) is 0 Å². The highest BCUT2D eigenvalue weighted by Crippen LogP contribution is 2.50. The van der Waals surface area contributed by atoms with Crippen LogP contribution in [0.25, 0.3) is 0 Å². The lowest BCUT2D eigenvalue weighted by Crippen LogP contribution is -2.56. The SMILES string of the molecule is COC(=O)C1(CCSC)NC(c2ccc(O)cc2)C2C(=O)N(C)C(=O)C21. The Morgan fingerprint density at radius 1 is 1.31 bits per heavy atom. The molecule has 4 unspecified atom stereocenters. The van der Waals surface area contributed by atoms with Gasteiger partial charge in [0.2, 0.25) is 11.8 Å². The number of hydrogen-bond acceptors (Lipinski definition) is 7. The van der Waals surface area contributed by atoms with Crippen molar-refractivity contribution < 1.29 is 24.2 Å². The maximum absolute atomic E-state index is 12.8. The molecule has 0 radical (unpaired) electrons. The lowest BCUT2D eigenvalue weighted by molar-refractivity contribution is -0.154. The molecule has 0 saturated carbocycles. The molecule has 2 saturated heterocycles. The van der Waals surface area contributed by atoms with Gasteiger partial charge in [0.05, 0.1) is 18.9 Å². The molecule has 2 N–H and O–H groups in total. The van der Waals surface area contributed by atoms with Crippen LogP contribution >= 0.6 is 11.8 Å². The second-order valence-electron chi connectivity index (χ2n) is 6.66. The number of rotatable bonds is 5. The zero-order valence-electron chi connectivity index (χ0n) is 14.9. The van der Waals surface area contributed by atoms with Crippen LogP contribution < -0.4 is 5.32 Å². The summed E-state index contributed by atoms with van der Waals surface area (Å²) in [6, 6.07) is 5.93. The first kappa shape index (κ1) is 18.7. The lowest BCUT2D eigenvalue weighted by atomic mass is 9.78. The van der Waals surface area contributed by atoms with E-state index in [0.717, 1.165) is 10.5 Å². The van der Waals surface area contributed by atoms with Gasteiger partial charge in [-0.3, -0.25) is 24.6 Å². The minimum atomic E-state index is -1.25. The summed E-state index contributed by atoms with van der Waals surface area (Å²) in [5, 5.41) is 12.8. The summed E-state index contributed by atoms with van der Waals surface area (Å²) in [4.78, 5) is 39.5. The van der Waals surface area contributed by atoms with E-state index in [4.69, 9.17) is 4.74 Å². The number of amides is 2. The molecule has 7 nitrogen and oxygen atoms in total. The Kier molecular flexibility index (Phi) is 4.98. The molecule has 3 rings (SSSR count). The van der Waals surface area contributed by atoms with Crippen molar-refractivity contribution in [3.63, 3.8) is 0 Å². The Balaban J connectivity index is 2.11. The number of hydrogen-bond donors (Lipinski definition) is 2. The van der Waals surface area contributed by atoms with Gasteiger partial charge in [0.1, 0.15) is 11.3 Å². The number of phenols is 1. The second-order valence-corrected chi connectivity index (χ2v) is 7.64. The topological polar surface area (TPSA) is 95.9 Å². The molecule has 0 spiro atoms. The normalized spacial score (nSPS) is 30.6. The van der Waals surface area contributed by atoms with Gasteiger partial charge in [-0.1, -0.05) is 12.1 Å². The number of carbonyl (C=O) groups excluding carboxylic acids is 3. The van der Waals surface area contributed by atoms with Crippen LogP contribution in [-0.2, 0) is 19.1 Å². The van der Waals surface area contributed by atoms with E-state index in [1.165, 1.54) is 26.3 Å². The number of benzene rings is 1. The molecule has 1 aromatic carbocycles. The standard InChI is InChI=1S/C18H22N2O5S/c1-20-15(22)12-13(16(20)23)18(8-9-26-3,17(24)25-2)19-14(12)10-4-6-11(21)7-5-10/h4-7,12-14,19,21H,8-9H2,1-3H3. The summed E-state index contributed by atoms with van der Waals surface area (Å²) < 4.78 is 5.03. The third kappa shape index (κ3) is 2.68.